The lowest BCUT2D eigenvalue weighted by Gasteiger charge is -2.10. The number of carbonyl (C=O) groups excluding carboxylic acids is 1. The Morgan fingerprint density at radius 2 is 1.92 bits per heavy atom. The molecule has 0 saturated heterocycles. The van der Waals surface area contributed by atoms with Crippen LogP contribution in [0.15, 0.2) is 47.4 Å². The van der Waals surface area contributed by atoms with Gasteiger partial charge in [0.2, 0.25) is 10.0 Å². The third kappa shape index (κ3) is 3.37. The van der Waals surface area contributed by atoms with Crippen molar-refractivity contribution in [1.29, 1.82) is 0 Å². The molecule has 0 aliphatic carbocycles. The number of hydrogen-bond acceptors (Lipinski definition) is 5. The number of carbonyl (C=O) groups is 1. The van der Waals surface area contributed by atoms with Crippen LogP contribution in [-0.2, 0) is 10.0 Å². The number of ether oxygens (including phenoxy) is 1. The smallest absolute Gasteiger partial charge is 0.266 e. The fourth-order valence-electron chi connectivity index (χ4n) is 2.56. The third-order valence-corrected chi connectivity index (χ3v) is 5.98. The van der Waals surface area contributed by atoms with E-state index in [1.807, 2.05) is 31.2 Å². The fourth-order valence-corrected chi connectivity index (χ4v) is 4.38. The minimum Gasteiger partial charge on any atom is -0.495 e. The van der Waals surface area contributed by atoms with Crippen LogP contribution in [0.4, 0.5) is 5.69 Å². The number of methoxy groups -OCH3 is 1. The average molecular weight is 376 g/mol. The van der Waals surface area contributed by atoms with E-state index < -0.39 is 10.0 Å². The zero-order valence-electron chi connectivity index (χ0n) is 13.6. The summed E-state index contributed by atoms with van der Waals surface area (Å²) in [5.41, 5.74) is 1.21. The Hall–Kier alpha value is -2.42. The summed E-state index contributed by atoms with van der Waals surface area (Å²) >= 11 is 1.39. The highest BCUT2D eigenvalue weighted by molar-refractivity contribution is 7.89. The quantitative estimate of drug-likeness (QED) is 0.731. The molecule has 0 saturated carbocycles. The van der Waals surface area contributed by atoms with E-state index in [1.165, 1.54) is 30.6 Å². The maximum atomic E-state index is 12.6. The van der Waals surface area contributed by atoms with Gasteiger partial charge in [0.1, 0.15) is 10.6 Å². The molecule has 0 bridgehead atoms. The van der Waals surface area contributed by atoms with Gasteiger partial charge in [0.15, 0.2) is 0 Å². The summed E-state index contributed by atoms with van der Waals surface area (Å²) in [6.45, 7) is 1.89. The van der Waals surface area contributed by atoms with Crippen molar-refractivity contribution in [2.75, 3.05) is 12.4 Å². The molecule has 0 aliphatic heterocycles. The zero-order valence-corrected chi connectivity index (χ0v) is 15.2. The first-order valence-electron chi connectivity index (χ1n) is 7.31. The second kappa shape index (κ2) is 6.47. The molecule has 0 aliphatic rings. The minimum atomic E-state index is -3.97. The van der Waals surface area contributed by atoms with Crippen LogP contribution in [0.1, 0.15) is 15.2 Å². The van der Waals surface area contributed by atoms with Gasteiger partial charge in [0, 0.05) is 10.4 Å². The first kappa shape index (κ1) is 17.4. The lowest BCUT2D eigenvalue weighted by Crippen LogP contribution is -2.15. The minimum absolute atomic E-state index is 0.124. The number of rotatable bonds is 4. The zero-order chi connectivity index (χ0) is 18.2. The van der Waals surface area contributed by atoms with Gasteiger partial charge in [-0.25, -0.2) is 13.6 Å². The molecule has 3 rings (SSSR count). The van der Waals surface area contributed by atoms with Crippen molar-refractivity contribution in [2.24, 2.45) is 5.14 Å². The summed E-state index contributed by atoms with van der Waals surface area (Å²) in [5.74, 6) is -0.178. The van der Waals surface area contributed by atoms with E-state index in [4.69, 9.17) is 9.88 Å². The highest BCUT2D eigenvalue weighted by atomic mass is 32.2. The van der Waals surface area contributed by atoms with Crippen molar-refractivity contribution in [2.45, 2.75) is 11.8 Å². The highest BCUT2D eigenvalue weighted by Gasteiger charge is 2.19. The number of fused-ring (bicyclic) bond motifs is 1. The van der Waals surface area contributed by atoms with Gasteiger partial charge in [0.25, 0.3) is 5.91 Å². The van der Waals surface area contributed by atoms with E-state index in [9.17, 15) is 13.2 Å². The van der Waals surface area contributed by atoms with Crippen LogP contribution in [-0.4, -0.2) is 21.4 Å². The van der Waals surface area contributed by atoms with Crippen LogP contribution in [0.25, 0.3) is 10.1 Å². The summed E-state index contributed by atoms with van der Waals surface area (Å²) in [7, 11) is -2.62. The topological polar surface area (TPSA) is 98.5 Å². The molecule has 25 heavy (non-hydrogen) atoms. The maximum Gasteiger partial charge on any atom is 0.266 e. The van der Waals surface area contributed by atoms with Crippen molar-refractivity contribution in [3.8, 4) is 5.75 Å². The van der Waals surface area contributed by atoms with E-state index in [0.29, 0.717) is 10.6 Å². The van der Waals surface area contributed by atoms with Gasteiger partial charge in [-0.05, 0) is 42.1 Å². The number of amides is 1. The molecule has 0 unspecified atom stereocenters. The Morgan fingerprint density at radius 3 is 2.56 bits per heavy atom. The summed E-state index contributed by atoms with van der Waals surface area (Å²) in [4.78, 5) is 13.0. The second-order valence-electron chi connectivity index (χ2n) is 5.42. The summed E-state index contributed by atoms with van der Waals surface area (Å²) in [6, 6.07) is 12.1. The Bertz CT molecular complexity index is 1070. The van der Waals surface area contributed by atoms with E-state index in [-0.39, 0.29) is 16.6 Å². The predicted molar refractivity (Wildman–Crippen MR) is 98.9 cm³/mol. The second-order valence-corrected chi connectivity index (χ2v) is 8.00. The SMILES string of the molecule is COc1ccc(NC(=O)c2sc3ccccc3c2C)cc1S(N)(=O)=O. The fraction of sp³-hybridized carbons (Fsp3) is 0.118. The first-order valence-corrected chi connectivity index (χ1v) is 9.68. The van der Waals surface area contributed by atoms with Crippen molar-refractivity contribution in [3.63, 3.8) is 0 Å². The molecular formula is C17H16N2O4S2. The van der Waals surface area contributed by atoms with E-state index in [1.54, 1.807) is 6.07 Å². The van der Waals surface area contributed by atoms with E-state index in [0.717, 1.165) is 15.6 Å². The molecule has 130 valence electrons. The predicted octanol–water partition coefficient (Wildman–Crippen LogP) is 3.12. The van der Waals surface area contributed by atoms with Crippen molar-refractivity contribution < 1.29 is 17.9 Å². The molecule has 8 heteroatoms. The molecule has 0 fully saturated rings. The van der Waals surface area contributed by atoms with Crippen LogP contribution in [0, 0.1) is 6.92 Å². The van der Waals surface area contributed by atoms with Crippen LogP contribution in [0.3, 0.4) is 0 Å². The Morgan fingerprint density at radius 1 is 1.20 bits per heavy atom. The normalized spacial score (nSPS) is 11.5. The third-order valence-electron chi connectivity index (χ3n) is 3.78. The van der Waals surface area contributed by atoms with Gasteiger partial charge in [0.05, 0.1) is 12.0 Å². The Labute approximate surface area is 149 Å². The monoisotopic (exact) mass is 376 g/mol. The number of thiophene rings is 1. The standard InChI is InChI=1S/C17H16N2O4S2/c1-10-12-5-3-4-6-14(12)24-16(10)17(20)19-11-7-8-13(23-2)15(9-11)25(18,21)22/h3-9H,1-2H3,(H,19,20)(H2,18,21,22). The molecule has 6 nitrogen and oxygen atoms in total. The Kier molecular flexibility index (Phi) is 4.51. The van der Waals surface area contributed by atoms with E-state index >= 15 is 0 Å². The number of hydrogen-bond donors (Lipinski definition) is 2. The highest BCUT2D eigenvalue weighted by Crippen LogP contribution is 2.32. The first-order chi connectivity index (χ1) is 11.8. The largest absolute Gasteiger partial charge is 0.495 e. The van der Waals surface area contributed by atoms with Gasteiger partial charge in [-0.3, -0.25) is 4.79 Å². The molecular weight excluding hydrogens is 360 g/mol. The lowest BCUT2D eigenvalue weighted by molar-refractivity contribution is 0.103. The van der Waals surface area contributed by atoms with Gasteiger partial charge >= 0.3 is 0 Å². The van der Waals surface area contributed by atoms with Gasteiger partial charge in [-0.1, -0.05) is 18.2 Å². The van der Waals surface area contributed by atoms with Crippen molar-refractivity contribution >= 4 is 43.0 Å². The van der Waals surface area contributed by atoms with Crippen LogP contribution in [0.2, 0.25) is 0 Å². The number of benzene rings is 2. The number of nitrogens with one attached hydrogen (secondary N) is 1. The van der Waals surface area contributed by atoms with E-state index in [2.05, 4.69) is 5.32 Å². The maximum absolute atomic E-state index is 12.6. The summed E-state index contributed by atoms with van der Waals surface area (Å²) in [6.07, 6.45) is 0. The number of anilines is 1. The van der Waals surface area contributed by atoms with Crippen molar-refractivity contribution in [3.05, 3.63) is 52.9 Å². The molecule has 1 heterocycles. The number of sulfonamides is 1. The average Bonchev–Trinajstić information content (AvgIpc) is 2.91. The molecule has 3 aromatic rings. The van der Waals surface area contributed by atoms with Crippen LogP contribution >= 0.6 is 11.3 Å². The molecule has 0 atom stereocenters. The van der Waals surface area contributed by atoms with Crippen molar-refractivity contribution in [1.82, 2.24) is 0 Å². The molecule has 2 aromatic carbocycles. The molecule has 0 spiro atoms. The number of primary sulfonamides is 1. The molecule has 0 radical (unpaired) electrons. The summed E-state index contributed by atoms with van der Waals surface area (Å²) < 4.78 is 29.4. The Balaban J connectivity index is 1.96. The van der Waals surface area contributed by atoms with Gasteiger partial charge in [-0.15, -0.1) is 11.3 Å². The van der Waals surface area contributed by atoms with Gasteiger partial charge < -0.3 is 10.1 Å². The van der Waals surface area contributed by atoms with Crippen LogP contribution < -0.4 is 15.2 Å². The molecule has 1 aromatic heterocycles. The molecule has 3 N–H and O–H groups in total. The molecule has 1 amide bonds. The summed E-state index contributed by atoms with van der Waals surface area (Å²) in [5, 5.41) is 8.95. The number of nitrogens with two attached hydrogens (primary N) is 1. The van der Waals surface area contributed by atoms with Crippen LogP contribution in [0.5, 0.6) is 5.75 Å². The van der Waals surface area contributed by atoms with Gasteiger partial charge in [-0.2, -0.15) is 0 Å². The number of aryl methyl sites for hydroxylation is 1. The lowest BCUT2D eigenvalue weighted by atomic mass is 10.1.